The number of nitrogens with zero attached hydrogens (tertiary/aromatic N) is 2. The third-order valence-electron chi connectivity index (χ3n) is 9.35. The second-order valence-electron chi connectivity index (χ2n) is 13.1. The number of sulfonamides is 1. The standard InChI is InChI=1S/C38H44FN5O6S/c39-29-19-21-30(22-20-29)51(47,48)43-36-23-33(38(46)41-32-16-8-10-18-35(32)50-26-28-13-5-2-6-14-28)44(42-36)24-37(45)40-31-15-7-9-17-34(31)49-25-27-11-3-1-4-12-27/h1-6,11-14,19-23,31-32,34-35H,7-10,15-18,24-26H2,(H,40,45)(H,41,46)(H,42,43)/t31-,32-,34-,35-/m0/s1. The minimum atomic E-state index is -4.18. The molecule has 0 radical (unpaired) electrons. The highest BCUT2D eigenvalue weighted by molar-refractivity contribution is 7.92. The fourth-order valence-electron chi connectivity index (χ4n) is 6.69. The summed E-state index contributed by atoms with van der Waals surface area (Å²) in [6.07, 6.45) is 6.43. The van der Waals surface area contributed by atoms with Crippen LogP contribution >= 0.6 is 0 Å². The van der Waals surface area contributed by atoms with Gasteiger partial charge in [-0.25, -0.2) is 17.5 Å². The summed E-state index contributed by atoms with van der Waals surface area (Å²) in [5.74, 6) is -1.63. The maximum atomic E-state index is 13.9. The summed E-state index contributed by atoms with van der Waals surface area (Å²) < 4.78 is 55.9. The lowest BCUT2D eigenvalue weighted by Gasteiger charge is -2.32. The molecule has 4 aromatic rings. The second kappa shape index (κ2) is 17.1. The number of nitrogens with one attached hydrogen (secondary N) is 3. The van der Waals surface area contributed by atoms with E-state index in [1.807, 2.05) is 60.7 Å². The average molecular weight is 718 g/mol. The first-order valence-corrected chi connectivity index (χ1v) is 19.0. The number of anilines is 1. The molecule has 2 aliphatic rings. The number of rotatable bonds is 14. The summed E-state index contributed by atoms with van der Waals surface area (Å²) >= 11 is 0. The van der Waals surface area contributed by atoms with E-state index in [1.54, 1.807) is 0 Å². The van der Waals surface area contributed by atoms with Crippen LogP contribution in [0.3, 0.4) is 0 Å². The Morgan fingerprint density at radius 1 is 0.745 bits per heavy atom. The summed E-state index contributed by atoms with van der Waals surface area (Å²) in [4.78, 5) is 27.2. The molecule has 6 rings (SSSR count). The first-order chi connectivity index (χ1) is 24.7. The van der Waals surface area contributed by atoms with Crippen LogP contribution in [-0.4, -0.2) is 54.3 Å². The molecule has 0 bridgehead atoms. The van der Waals surface area contributed by atoms with Crippen molar-refractivity contribution in [2.45, 2.75) is 100 Å². The fourth-order valence-corrected chi connectivity index (χ4v) is 7.68. The molecular weight excluding hydrogens is 674 g/mol. The summed E-state index contributed by atoms with van der Waals surface area (Å²) in [6.45, 7) is 0.500. The summed E-state index contributed by atoms with van der Waals surface area (Å²) in [7, 11) is -4.18. The van der Waals surface area contributed by atoms with E-state index in [4.69, 9.17) is 9.47 Å². The van der Waals surface area contributed by atoms with Gasteiger partial charge in [-0.05, 0) is 61.1 Å². The molecule has 0 saturated heterocycles. The van der Waals surface area contributed by atoms with Crippen LogP contribution in [0.4, 0.5) is 10.2 Å². The van der Waals surface area contributed by atoms with Gasteiger partial charge in [-0.15, -0.1) is 0 Å². The number of carbonyl (C=O) groups is 2. The van der Waals surface area contributed by atoms with Gasteiger partial charge >= 0.3 is 0 Å². The van der Waals surface area contributed by atoms with E-state index in [1.165, 1.54) is 10.7 Å². The normalized spacial score (nSPS) is 20.7. The fraction of sp³-hybridized carbons (Fsp3) is 0.395. The molecule has 0 unspecified atom stereocenters. The zero-order valence-electron chi connectivity index (χ0n) is 28.4. The van der Waals surface area contributed by atoms with E-state index in [2.05, 4.69) is 20.5 Å². The Hall–Kier alpha value is -4.59. The first kappa shape index (κ1) is 36.2. The Bertz CT molecular complexity index is 1860. The van der Waals surface area contributed by atoms with E-state index in [0.29, 0.717) is 19.6 Å². The van der Waals surface area contributed by atoms with Crippen molar-refractivity contribution < 1.29 is 31.9 Å². The van der Waals surface area contributed by atoms with Gasteiger partial charge in [0.15, 0.2) is 5.82 Å². The number of hydrogen-bond donors (Lipinski definition) is 3. The quantitative estimate of drug-likeness (QED) is 0.152. The highest BCUT2D eigenvalue weighted by Crippen LogP contribution is 2.25. The van der Waals surface area contributed by atoms with Crippen LogP contribution in [0.15, 0.2) is 95.9 Å². The van der Waals surface area contributed by atoms with Gasteiger partial charge in [0.25, 0.3) is 15.9 Å². The van der Waals surface area contributed by atoms with Gasteiger partial charge in [-0.3, -0.25) is 14.3 Å². The Labute approximate surface area is 298 Å². The van der Waals surface area contributed by atoms with Crippen molar-refractivity contribution in [1.82, 2.24) is 20.4 Å². The van der Waals surface area contributed by atoms with Gasteiger partial charge in [0.05, 0.1) is 42.4 Å². The summed E-state index contributed by atoms with van der Waals surface area (Å²) in [6, 6.07) is 24.8. The number of amides is 2. The molecule has 3 aromatic carbocycles. The number of carbonyl (C=O) groups excluding carboxylic acids is 2. The molecule has 4 atom stereocenters. The van der Waals surface area contributed by atoms with Gasteiger partial charge < -0.3 is 20.1 Å². The molecular formula is C38H44FN5O6S. The van der Waals surface area contributed by atoms with E-state index >= 15 is 0 Å². The Morgan fingerprint density at radius 2 is 1.27 bits per heavy atom. The molecule has 1 aromatic heterocycles. The van der Waals surface area contributed by atoms with E-state index < -0.39 is 21.7 Å². The van der Waals surface area contributed by atoms with Crippen molar-refractivity contribution in [2.75, 3.05) is 4.72 Å². The molecule has 2 aliphatic carbocycles. The molecule has 0 spiro atoms. The van der Waals surface area contributed by atoms with Gasteiger partial charge in [0.1, 0.15) is 18.1 Å². The zero-order valence-corrected chi connectivity index (χ0v) is 29.2. The molecule has 13 heteroatoms. The largest absolute Gasteiger partial charge is 0.371 e. The van der Waals surface area contributed by atoms with Gasteiger partial charge in [-0.1, -0.05) is 86.3 Å². The maximum absolute atomic E-state index is 13.9. The highest BCUT2D eigenvalue weighted by Gasteiger charge is 2.31. The molecule has 11 nitrogen and oxygen atoms in total. The minimum Gasteiger partial charge on any atom is -0.371 e. The summed E-state index contributed by atoms with van der Waals surface area (Å²) in [5.41, 5.74) is 2.08. The number of ether oxygens (including phenoxy) is 2. The van der Waals surface area contributed by atoms with E-state index in [-0.39, 0.29) is 53.2 Å². The number of hydrogen-bond acceptors (Lipinski definition) is 7. The number of aromatic nitrogens is 2. The lowest BCUT2D eigenvalue weighted by Crippen LogP contribution is -2.48. The van der Waals surface area contributed by atoms with Crippen molar-refractivity contribution >= 4 is 27.7 Å². The molecule has 51 heavy (non-hydrogen) atoms. The average Bonchev–Trinajstić information content (AvgIpc) is 3.52. The molecule has 2 amide bonds. The van der Waals surface area contributed by atoms with Crippen molar-refractivity contribution in [3.05, 3.63) is 114 Å². The lowest BCUT2D eigenvalue weighted by atomic mass is 9.92. The smallest absolute Gasteiger partial charge is 0.269 e. The number of halogens is 1. The van der Waals surface area contributed by atoms with Crippen molar-refractivity contribution in [1.29, 1.82) is 0 Å². The van der Waals surface area contributed by atoms with Crippen LogP contribution in [0, 0.1) is 5.82 Å². The van der Waals surface area contributed by atoms with Crippen LogP contribution in [-0.2, 0) is 44.1 Å². The van der Waals surface area contributed by atoms with Gasteiger partial charge in [0.2, 0.25) is 5.91 Å². The monoisotopic (exact) mass is 717 g/mol. The van der Waals surface area contributed by atoms with Crippen molar-refractivity contribution in [3.8, 4) is 0 Å². The van der Waals surface area contributed by atoms with Crippen LogP contribution in [0.1, 0.15) is 73.0 Å². The van der Waals surface area contributed by atoms with Gasteiger partial charge in [0, 0.05) is 6.07 Å². The van der Waals surface area contributed by atoms with Crippen LogP contribution in [0.2, 0.25) is 0 Å². The first-order valence-electron chi connectivity index (χ1n) is 17.5. The molecule has 2 saturated carbocycles. The van der Waals surface area contributed by atoms with Crippen LogP contribution in [0.25, 0.3) is 0 Å². The third kappa shape index (κ3) is 10.0. The molecule has 2 fully saturated rings. The van der Waals surface area contributed by atoms with E-state index in [0.717, 1.165) is 80.3 Å². The predicted molar refractivity (Wildman–Crippen MR) is 190 cm³/mol. The highest BCUT2D eigenvalue weighted by atomic mass is 32.2. The minimum absolute atomic E-state index is 0.00913. The molecule has 0 aliphatic heterocycles. The predicted octanol–water partition coefficient (Wildman–Crippen LogP) is 5.73. The van der Waals surface area contributed by atoms with Crippen LogP contribution in [0.5, 0.6) is 0 Å². The third-order valence-corrected chi connectivity index (χ3v) is 10.7. The Morgan fingerprint density at radius 3 is 1.84 bits per heavy atom. The lowest BCUT2D eigenvalue weighted by molar-refractivity contribution is -0.124. The molecule has 3 N–H and O–H groups in total. The number of benzene rings is 3. The van der Waals surface area contributed by atoms with Crippen LogP contribution < -0.4 is 15.4 Å². The molecule has 270 valence electrons. The maximum Gasteiger partial charge on any atom is 0.269 e. The molecule has 1 heterocycles. The zero-order chi connectivity index (χ0) is 35.6. The topological polar surface area (TPSA) is 141 Å². The SMILES string of the molecule is O=C(Cn1nc(NS(=O)(=O)c2ccc(F)cc2)cc1C(=O)N[C@H]1CCCC[C@@H]1OCc1ccccc1)N[C@H]1CCCC[C@@H]1OCc1ccccc1. The van der Waals surface area contributed by atoms with Gasteiger partial charge in [-0.2, -0.15) is 5.10 Å². The second-order valence-corrected chi connectivity index (χ2v) is 14.8. The van der Waals surface area contributed by atoms with E-state index in [9.17, 15) is 22.4 Å². The Balaban J connectivity index is 1.18. The van der Waals surface area contributed by atoms with Crippen molar-refractivity contribution in [3.63, 3.8) is 0 Å². The summed E-state index contributed by atoms with van der Waals surface area (Å²) in [5, 5.41) is 10.5. The Kier molecular flexibility index (Phi) is 12.1. The van der Waals surface area contributed by atoms with Crippen molar-refractivity contribution in [2.24, 2.45) is 0 Å².